The lowest BCUT2D eigenvalue weighted by molar-refractivity contribution is 0.265. The van der Waals surface area contributed by atoms with Crippen LogP contribution in [0, 0.1) is 5.92 Å². The van der Waals surface area contributed by atoms with Gasteiger partial charge in [0, 0.05) is 0 Å². The molecule has 1 fully saturated rings. The van der Waals surface area contributed by atoms with Crippen molar-refractivity contribution in [1.29, 1.82) is 0 Å². The van der Waals surface area contributed by atoms with Crippen LogP contribution in [-0.4, -0.2) is 16.3 Å². The quantitative estimate of drug-likeness (QED) is 0.819. The van der Waals surface area contributed by atoms with Crippen LogP contribution >= 0.6 is 11.6 Å². The maximum atomic E-state index is 6.02. The molecular formula is C10H16ClN3. The Morgan fingerprint density at radius 3 is 2.64 bits per heavy atom. The standard InChI is InChI=1S/C10H16ClN3/c11-10-5-6-13-14(10)9-3-1-8(7-12)2-4-9/h5-6,8-9H,1-4,7,12H2. The highest BCUT2D eigenvalue weighted by molar-refractivity contribution is 6.29. The first-order chi connectivity index (χ1) is 6.81. The first kappa shape index (κ1) is 9.99. The maximum Gasteiger partial charge on any atom is 0.127 e. The zero-order chi connectivity index (χ0) is 9.97. The summed E-state index contributed by atoms with van der Waals surface area (Å²) < 4.78 is 1.94. The molecule has 0 aliphatic heterocycles. The van der Waals surface area contributed by atoms with Gasteiger partial charge in [-0.2, -0.15) is 5.10 Å². The van der Waals surface area contributed by atoms with Crippen LogP contribution in [-0.2, 0) is 0 Å². The lowest BCUT2D eigenvalue weighted by Gasteiger charge is -2.28. The Bertz CT molecular complexity index is 289. The van der Waals surface area contributed by atoms with Crippen molar-refractivity contribution >= 4 is 11.6 Å². The van der Waals surface area contributed by atoms with E-state index < -0.39 is 0 Å². The van der Waals surface area contributed by atoms with Crippen molar-refractivity contribution in [2.45, 2.75) is 31.7 Å². The molecule has 0 spiro atoms. The number of hydrogen-bond acceptors (Lipinski definition) is 2. The average Bonchev–Trinajstić information content (AvgIpc) is 2.65. The Kier molecular flexibility index (Phi) is 3.08. The molecule has 0 atom stereocenters. The van der Waals surface area contributed by atoms with Gasteiger partial charge in [-0.25, -0.2) is 0 Å². The lowest BCUT2D eigenvalue weighted by atomic mass is 9.86. The largest absolute Gasteiger partial charge is 0.330 e. The fraction of sp³-hybridized carbons (Fsp3) is 0.700. The summed E-state index contributed by atoms with van der Waals surface area (Å²) in [7, 11) is 0. The Labute approximate surface area is 89.2 Å². The van der Waals surface area contributed by atoms with Gasteiger partial charge in [0.15, 0.2) is 0 Å². The highest BCUT2D eigenvalue weighted by Crippen LogP contribution is 2.32. The van der Waals surface area contributed by atoms with E-state index in [0.29, 0.717) is 12.0 Å². The number of halogens is 1. The van der Waals surface area contributed by atoms with Gasteiger partial charge in [-0.3, -0.25) is 4.68 Å². The fourth-order valence-corrected chi connectivity index (χ4v) is 2.43. The van der Waals surface area contributed by atoms with Crippen LogP contribution in [0.2, 0.25) is 5.15 Å². The second kappa shape index (κ2) is 4.32. The summed E-state index contributed by atoms with van der Waals surface area (Å²) in [5.41, 5.74) is 5.65. The van der Waals surface area contributed by atoms with Gasteiger partial charge in [-0.05, 0) is 44.2 Å². The predicted octanol–water partition coefficient (Wildman–Crippen LogP) is 2.23. The van der Waals surface area contributed by atoms with Crippen LogP contribution in [0.4, 0.5) is 0 Å². The molecule has 78 valence electrons. The number of nitrogens with two attached hydrogens (primary N) is 1. The normalized spacial score (nSPS) is 27.9. The van der Waals surface area contributed by atoms with E-state index >= 15 is 0 Å². The van der Waals surface area contributed by atoms with Crippen LogP contribution in [0.3, 0.4) is 0 Å². The summed E-state index contributed by atoms with van der Waals surface area (Å²) in [6.45, 7) is 0.819. The average molecular weight is 214 g/mol. The smallest absolute Gasteiger partial charge is 0.127 e. The van der Waals surface area contributed by atoms with Crippen molar-refractivity contribution in [2.24, 2.45) is 11.7 Å². The lowest BCUT2D eigenvalue weighted by Crippen LogP contribution is -2.23. The molecule has 1 aliphatic rings. The van der Waals surface area contributed by atoms with E-state index in [0.717, 1.165) is 24.5 Å². The topological polar surface area (TPSA) is 43.8 Å². The first-order valence-corrected chi connectivity index (χ1v) is 5.58. The molecule has 4 heteroatoms. The molecule has 3 nitrogen and oxygen atoms in total. The van der Waals surface area contributed by atoms with Crippen LogP contribution in [0.5, 0.6) is 0 Å². The van der Waals surface area contributed by atoms with Gasteiger partial charge < -0.3 is 5.73 Å². The second-order valence-corrected chi connectivity index (χ2v) is 4.40. The van der Waals surface area contributed by atoms with E-state index in [4.69, 9.17) is 17.3 Å². The number of rotatable bonds is 2. The summed E-state index contributed by atoms with van der Waals surface area (Å²) in [6, 6.07) is 2.33. The molecule has 14 heavy (non-hydrogen) atoms. The van der Waals surface area contributed by atoms with Crippen molar-refractivity contribution in [1.82, 2.24) is 9.78 Å². The summed E-state index contributed by atoms with van der Waals surface area (Å²) in [5.74, 6) is 0.709. The van der Waals surface area contributed by atoms with E-state index in [-0.39, 0.29) is 0 Å². The third-order valence-corrected chi connectivity index (χ3v) is 3.42. The third kappa shape index (κ3) is 1.93. The Morgan fingerprint density at radius 1 is 1.43 bits per heavy atom. The van der Waals surface area contributed by atoms with Gasteiger partial charge in [-0.1, -0.05) is 11.6 Å². The van der Waals surface area contributed by atoms with E-state index in [1.807, 2.05) is 10.7 Å². The van der Waals surface area contributed by atoms with Gasteiger partial charge >= 0.3 is 0 Å². The van der Waals surface area contributed by atoms with E-state index in [1.54, 1.807) is 6.20 Å². The Morgan fingerprint density at radius 2 is 2.14 bits per heavy atom. The zero-order valence-corrected chi connectivity index (χ0v) is 8.95. The molecule has 0 aromatic carbocycles. The minimum atomic E-state index is 0.486. The minimum absolute atomic E-state index is 0.486. The summed E-state index contributed by atoms with van der Waals surface area (Å²) in [6.07, 6.45) is 6.48. The highest BCUT2D eigenvalue weighted by Gasteiger charge is 2.22. The molecule has 2 N–H and O–H groups in total. The molecular weight excluding hydrogens is 198 g/mol. The molecule has 1 heterocycles. The molecule has 1 saturated carbocycles. The van der Waals surface area contributed by atoms with Crippen LogP contribution < -0.4 is 5.73 Å². The third-order valence-electron chi connectivity index (χ3n) is 3.12. The molecule has 0 radical (unpaired) electrons. The van der Waals surface area contributed by atoms with Crippen molar-refractivity contribution in [3.05, 3.63) is 17.4 Å². The molecule has 0 bridgehead atoms. The molecule has 0 amide bonds. The first-order valence-electron chi connectivity index (χ1n) is 5.20. The van der Waals surface area contributed by atoms with Gasteiger partial charge in [0.1, 0.15) is 5.15 Å². The number of aromatic nitrogens is 2. The fourth-order valence-electron chi connectivity index (χ4n) is 2.19. The summed E-state index contributed by atoms with van der Waals surface area (Å²) >= 11 is 6.02. The van der Waals surface area contributed by atoms with Crippen LogP contribution in [0.15, 0.2) is 12.3 Å². The van der Waals surface area contributed by atoms with Gasteiger partial charge in [0.2, 0.25) is 0 Å². The van der Waals surface area contributed by atoms with Crippen LogP contribution in [0.25, 0.3) is 0 Å². The minimum Gasteiger partial charge on any atom is -0.330 e. The molecule has 0 saturated heterocycles. The van der Waals surface area contributed by atoms with E-state index in [9.17, 15) is 0 Å². The van der Waals surface area contributed by atoms with E-state index in [1.165, 1.54) is 12.8 Å². The number of hydrogen-bond donors (Lipinski definition) is 1. The molecule has 0 unspecified atom stereocenters. The summed E-state index contributed by atoms with van der Waals surface area (Å²) in [4.78, 5) is 0. The number of nitrogens with zero attached hydrogens (tertiary/aromatic N) is 2. The maximum absolute atomic E-state index is 6.02. The van der Waals surface area contributed by atoms with Gasteiger partial charge in [0.25, 0.3) is 0 Å². The van der Waals surface area contributed by atoms with E-state index in [2.05, 4.69) is 5.10 Å². The Balaban J connectivity index is 1.99. The van der Waals surface area contributed by atoms with Crippen molar-refractivity contribution in [3.63, 3.8) is 0 Å². The molecule has 1 aromatic heterocycles. The molecule has 1 aliphatic carbocycles. The summed E-state index contributed by atoms with van der Waals surface area (Å²) in [5, 5.41) is 4.99. The highest BCUT2D eigenvalue weighted by atomic mass is 35.5. The van der Waals surface area contributed by atoms with Gasteiger partial charge in [-0.15, -0.1) is 0 Å². The Hall–Kier alpha value is -0.540. The van der Waals surface area contributed by atoms with Crippen LogP contribution in [0.1, 0.15) is 31.7 Å². The molecule has 1 aromatic rings. The molecule has 2 rings (SSSR count). The zero-order valence-electron chi connectivity index (χ0n) is 8.19. The van der Waals surface area contributed by atoms with Gasteiger partial charge in [0.05, 0.1) is 12.2 Å². The second-order valence-electron chi connectivity index (χ2n) is 4.01. The predicted molar refractivity (Wildman–Crippen MR) is 57.3 cm³/mol. The monoisotopic (exact) mass is 213 g/mol. The SMILES string of the molecule is NCC1CCC(n2nccc2Cl)CC1. The van der Waals surface area contributed by atoms with Crippen molar-refractivity contribution < 1.29 is 0 Å². The van der Waals surface area contributed by atoms with Crippen molar-refractivity contribution in [3.8, 4) is 0 Å². The van der Waals surface area contributed by atoms with Crippen molar-refractivity contribution in [2.75, 3.05) is 6.54 Å².